The summed E-state index contributed by atoms with van der Waals surface area (Å²) >= 11 is 0. The molecule has 1 atom stereocenters. The van der Waals surface area contributed by atoms with Gasteiger partial charge in [-0.05, 0) is 31.7 Å². The normalized spacial score (nSPS) is 14.7. The van der Waals surface area contributed by atoms with Crippen molar-refractivity contribution in [3.8, 4) is 0 Å². The van der Waals surface area contributed by atoms with Gasteiger partial charge >= 0.3 is 0 Å². The Labute approximate surface area is 86.1 Å². The largest absolute Gasteiger partial charge is 0.385 e. The van der Waals surface area contributed by atoms with E-state index in [1.807, 2.05) is 43.3 Å². The van der Waals surface area contributed by atoms with E-state index in [4.69, 9.17) is 0 Å². The zero-order chi connectivity index (χ0) is 10.4. The smallest absolute Gasteiger partial charge is 0.0868 e. The van der Waals surface area contributed by atoms with Crippen molar-refractivity contribution >= 4 is 0 Å². The van der Waals surface area contributed by atoms with Crippen LogP contribution in [0.15, 0.2) is 43.0 Å². The third-order valence-corrected chi connectivity index (χ3v) is 2.47. The number of aliphatic hydroxyl groups is 1. The Hall–Kier alpha value is -1.08. The molecule has 0 saturated heterocycles. The minimum atomic E-state index is -0.704. The van der Waals surface area contributed by atoms with Crippen molar-refractivity contribution in [2.24, 2.45) is 0 Å². The van der Waals surface area contributed by atoms with E-state index in [0.29, 0.717) is 0 Å². The monoisotopic (exact) mass is 190 g/mol. The molecule has 1 unspecified atom stereocenters. The molecule has 14 heavy (non-hydrogen) atoms. The molecule has 0 saturated carbocycles. The molecule has 0 spiro atoms. The van der Waals surface area contributed by atoms with Crippen molar-refractivity contribution in [2.75, 3.05) is 0 Å². The maximum atomic E-state index is 10.2. The summed E-state index contributed by atoms with van der Waals surface area (Å²) in [5.74, 6) is 0. The molecule has 0 amide bonds. The molecule has 0 aliphatic carbocycles. The van der Waals surface area contributed by atoms with E-state index in [9.17, 15) is 5.11 Å². The highest BCUT2D eigenvalue weighted by Crippen LogP contribution is 2.26. The molecule has 1 N–H and O–H groups in total. The van der Waals surface area contributed by atoms with Gasteiger partial charge in [0.2, 0.25) is 0 Å². The molecule has 0 bridgehead atoms. The number of allylic oxidation sites excluding steroid dienone is 1. The van der Waals surface area contributed by atoms with E-state index in [-0.39, 0.29) is 0 Å². The third-order valence-electron chi connectivity index (χ3n) is 2.47. The summed E-state index contributed by atoms with van der Waals surface area (Å²) in [6, 6.07) is 9.81. The van der Waals surface area contributed by atoms with Crippen LogP contribution >= 0.6 is 0 Å². The number of hydrogen-bond donors (Lipinski definition) is 1. The Morgan fingerprint density at radius 2 is 2.00 bits per heavy atom. The highest BCUT2D eigenvalue weighted by atomic mass is 16.3. The molecule has 1 rings (SSSR count). The first-order chi connectivity index (χ1) is 6.67. The number of rotatable bonds is 5. The highest BCUT2D eigenvalue weighted by Gasteiger charge is 2.21. The third kappa shape index (κ3) is 3.00. The van der Waals surface area contributed by atoms with E-state index in [1.165, 1.54) is 0 Å². The second-order valence-corrected chi connectivity index (χ2v) is 3.82. The average Bonchev–Trinajstić information content (AvgIpc) is 2.19. The predicted octanol–water partition coefficient (Wildman–Crippen LogP) is 3.25. The van der Waals surface area contributed by atoms with E-state index < -0.39 is 5.60 Å². The molecule has 1 nitrogen and oxygen atoms in total. The molecule has 0 aliphatic heterocycles. The summed E-state index contributed by atoms with van der Waals surface area (Å²) in [5.41, 5.74) is 0.286. The van der Waals surface area contributed by atoms with Crippen molar-refractivity contribution in [1.29, 1.82) is 0 Å². The summed E-state index contributed by atoms with van der Waals surface area (Å²) in [5, 5.41) is 10.2. The van der Waals surface area contributed by atoms with Crippen molar-refractivity contribution < 1.29 is 5.11 Å². The van der Waals surface area contributed by atoms with Crippen LogP contribution in [0.1, 0.15) is 31.7 Å². The first-order valence-electron chi connectivity index (χ1n) is 5.05. The van der Waals surface area contributed by atoms with Crippen LogP contribution in [0.3, 0.4) is 0 Å². The van der Waals surface area contributed by atoms with Crippen LogP contribution in [-0.4, -0.2) is 5.11 Å². The lowest BCUT2D eigenvalue weighted by Crippen LogP contribution is -2.20. The summed E-state index contributed by atoms with van der Waals surface area (Å²) in [6.07, 6.45) is 4.61. The number of hydrogen-bond acceptors (Lipinski definition) is 1. The Balaban J connectivity index is 2.61. The van der Waals surface area contributed by atoms with Gasteiger partial charge in [0.1, 0.15) is 0 Å². The minimum Gasteiger partial charge on any atom is -0.385 e. The second-order valence-electron chi connectivity index (χ2n) is 3.82. The lowest BCUT2D eigenvalue weighted by molar-refractivity contribution is 0.0459. The lowest BCUT2D eigenvalue weighted by Gasteiger charge is -2.23. The van der Waals surface area contributed by atoms with Crippen LogP contribution in [0.4, 0.5) is 0 Å². The fourth-order valence-corrected chi connectivity index (χ4v) is 1.53. The second kappa shape index (κ2) is 4.97. The van der Waals surface area contributed by atoms with Gasteiger partial charge in [-0.25, -0.2) is 0 Å². The van der Waals surface area contributed by atoms with Gasteiger partial charge in [0, 0.05) is 0 Å². The van der Waals surface area contributed by atoms with Gasteiger partial charge in [-0.15, -0.1) is 6.58 Å². The van der Waals surface area contributed by atoms with Crippen LogP contribution in [0.25, 0.3) is 0 Å². The Kier molecular flexibility index (Phi) is 3.90. The van der Waals surface area contributed by atoms with Gasteiger partial charge in [-0.1, -0.05) is 36.4 Å². The maximum Gasteiger partial charge on any atom is 0.0868 e. The molecule has 76 valence electrons. The van der Waals surface area contributed by atoms with Gasteiger partial charge in [-0.3, -0.25) is 0 Å². The van der Waals surface area contributed by atoms with Gasteiger partial charge < -0.3 is 5.11 Å². The predicted molar refractivity (Wildman–Crippen MR) is 60.1 cm³/mol. The van der Waals surface area contributed by atoms with Crippen LogP contribution in [-0.2, 0) is 5.60 Å². The van der Waals surface area contributed by atoms with Crippen molar-refractivity contribution in [3.63, 3.8) is 0 Å². The van der Waals surface area contributed by atoms with Gasteiger partial charge in [0.25, 0.3) is 0 Å². The fraction of sp³-hybridized carbons (Fsp3) is 0.385. The summed E-state index contributed by atoms with van der Waals surface area (Å²) in [4.78, 5) is 0. The topological polar surface area (TPSA) is 20.2 Å². The zero-order valence-electron chi connectivity index (χ0n) is 8.74. The molecule has 1 aromatic carbocycles. The fourth-order valence-electron chi connectivity index (χ4n) is 1.53. The quantitative estimate of drug-likeness (QED) is 0.558. The lowest BCUT2D eigenvalue weighted by atomic mass is 9.90. The van der Waals surface area contributed by atoms with Crippen molar-refractivity contribution in [2.45, 2.75) is 31.8 Å². The van der Waals surface area contributed by atoms with Gasteiger partial charge in [0.15, 0.2) is 0 Å². The first-order valence-corrected chi connectivity index (χ1v) is 5.05. The van der Waals surface area contributed by atoms with Gasteiger partial charge in [-0.2, -0.15) is 0 Å². The first kappa shape index (κ1) is 11.0. The van der Waals surface area contributed by atoms with E-state index in [1.54, 1.807) is 0 Å². The molecular formula is C13H18O. The molecule has 0 aromatic heterocycles. The van der Waals surface area contributed by atoms with Crippen molar-refractivity contribution in [1.82, 2.24) is 0 Å². The van der Waals surface area contributed by atoms with E-state index in [2.05, 4.69) is 6.58 Å². The maximum absolute atomic E-state index is 10.2. The Bertz CT molecular complexity index is 275. The van der Waals surface area contributed by atoms with Crippen LogP contribution in [0.2, 0.25) is 0 Å². The van der Waals surface area contributed by atoms with E-state index in [0.717, 1.165) is 24.8 Å². The van der Waals surface area contributed by atoms with Crippen LogP contribution in [0, 0.1) is 0 Å². The minimum absolute atomic E-state index is 0.704. The van der Waals surface area contributed by atoms with E-state index >= 15 is 0 Å². The summed E-state index contributed by atoms with van der Waals surface area (Å²) < 4.78 is 0. The number of benzene rings is 1. The molecular weight excluding hydrogens is 172 g/mol. The molecule has 0 radical (unpaired) electrons. The van der Waals surface area contributed by atoms with Crippen LogP contribution < -0.4 is 0 Å². The highest BCUT2D eigenvalue weighted by molar-refractivity contribution is 5.21. The Morgan fingerprint density at radius 3 is 2.57 bits per heavy atom. The molecule has 0 heterocycles. The standard InChI is InChI=1S/C13H18O/c1-3-4-8-11-13(2,14)12-9-6-5-7-10-12/h3,5-7,9-10,14H,1,4,8,11H2,2H3. The molecule has 1 aromatic rings. The SMILES string of the molecule is C=CCCCC(C)(O)c1ccccc1. The average molecular weight is 190 g/mol. The van der Waals surface area contributed by atoms with Gasteiger partial charge in [0.05, 0.1) is 5.60 Å². The van der Waals surface area contributed by atoms with Crippen molar-refractivity contribution in [3.05, 3.63) is 48.6 Å². The van der Waals surface area contributed by atoms with Crippen LogP contribution in [0.5, 0.6) is 0 Å². The summed E-state index contributed by atoms with van der Waals surface area (Å²) in [6.45, 7) is 5.54. The molecule has 0 fully saturated rings. The molecule has 0 aliphatic rings. The zero-order valence-corrected chi connectivity index (χ0v) is 8.74. The molecule has 1 heteroatoms. The summed E-state index contributed by atoms with van der Waals surface area (Å²) in [7, 11) is 0. The number of unbranched alkanes of at least 4 members (excludes halogenated alkanes) is 1. The Morgan fingerprint density at radius 1 is 1.36 bits per heavy atom.